The molecule has 1 fully saturated rings. The topological polar surface area (TPSA) is 0 Å². The molecule has 118 valence electrons. The molecule has 0 saturated heterocycles. The summed E-state index contributed by atoms with van der Waals surface area (Å²) < 4.78 is 0. The van der Waals surface area contributed by atoms with Gasteiger partial charge >= 0.3 is 0 Å². The lowest BCUT2D eigenvalue weighted by molar-refractivity contribution is 0.215. The van der Waals surface area contributed by atoms with E-state index in [0.29, 0.717) is 0 Å². The van der Waals surface area contributed by atoms with E-state index in [9.17, 15) is 0 Å². The smallest absolute Gasteiger partial charge is 0.0697 e. The van der Waals surface area contributed by atoms with E-state index in [1.165, 1.54) is 89.9 Å². The van der Waals surface area contributed by atoms with E-state index in [4.69, 9.17) is 0 Å². The summed E-state index contributed by atoms with van der Waals surface area (Å²) in [5.74, 6) is 3.15. The zero-order valence-corrected chi connectivity index (χ0v) is 14.6. The van der Waals surface area contributed by atoms with Gasteiger partial charge in [-0.2, -0.15) is 0 Å². The lowest BCUT2D eigenvalue weighted by atomic mass is 9.67. The molecule has 0 aromatic rings. The summed E-state index contributed by atoms with van der Waals surface area (Å²) in [6.07, 6.45) is 20.7. The highest BCUT2D eigenvalue weighted by Gasteiger charge is 2.25. The number of hydrogen-bond donors (Lipinski definition) is 0. The van der Waals surface area contributed by atoms with Gasteiger partial charge in [-0.1, -0.05) is 110 Å². The van der Waals surface area contributed by atoms with Crippen LogP contribution in [0.15, 0.2) is 0 Å². The Bertz CT molecular complexity index is 194. The average Bonchev–Trinajstić information content (AvgIpc) is 2.47. The predicted molar refractivity (Wildman–Crippen MR) is 95.3 cm³/mol. The van der Waals surface area contributed by atoms with E-state index in [2.05, 4.69) is 21.7 Å². The fourth-order valence-corrected chi connectivity index (χ4v) is 4.04. The molecule has 0 aromatic heterocycles. The zero-order chi connectivity index (χ0) is 14.6. The summed E-state index contributed by atoms with van der Waals surface area (Å²) in [4.78, 5) is 0. The van der Waals surface area contributed by atoms with Crippen molar-refractivity contribution >= 4 is 7.85 Å². The van der Waals surface area contributed by atoms with E-state index in [0.717, 1.165) is 17.7 Å². The minimum absolute atomic E-state index is 1.01. The number of unbranched alkanes of at least 4 members (excludes halogenated alkanes) is 6. The first-order chi connectivity index (χ1) is 9.77. The van der Waals surface area contributed by atoms with Gasteiger partial charge in [0.2, 0.25) is 0 Å². The Kier molecular flexibility index (Phi) is 10.6. The van der Waals surface area contributed by atoms with E-state index in [-0.39, 0.29) is 0 Å². The van der Waals surface area contributed by atoms with Crippen LogP contribution < -0.4 is 0 Å². The van der Waals surface area contributed by atoms with Crippen molar-refractivity contribution in [2.75, 3.05) is 0 Å². The Morgan fingerprint density at radius 1 is 0.750 bits per heavy atom. The summed E-state index contributed by atoms with van der Waals surface area (Å²) in [5.41, 5.74) is 0. The maximum absolute atomic E-state index is 2.45. The van der Waals surface area contributed by atoms with Gasteiger partial charge in [-0.05, 0) is 11.8 Å². The van der Waals surface area contributed by atoms with Crippen LogP contribution in [0.1, 0.15) is 104 Å². The molecule has 0 N–H and O–H groups in total. The number of hydrogen-bond acceptors (Lipinski definition) is 0. The molecule has 0 amide bonds. The zero-order valence-electron chi connectivity index (χ0n) is 14.6. The van der Waals surface area contributed by atoms with Crippen molar-refractivity contribution in [1.29, 1.82) is 0 Å². The molecule has 0 atom stereocenters. The van der Waals surface area contributed by atoms with Crippen molar-refractivity contribution in [1.82, 2.24) is 0 Å². The molecule has 1 aliphatic carbocycles. The second kappa shape index (κ2) is 11.7. The average molecular weight is 278 g/mol. The van der Waals surface area contributed by atoms with Gasteiger partial charge in [-0.3, -0.25) is 0 Å². The molecule has 0 aliphatic heterocycles. The van der Waals surface area contributed by atoms with Gasteiger partial charge < -0.3 is 0 Å². The first kappa shape index (κ1) is 18.1. The molecular formula is C19H39B. The quantitative estimate of drug-likeness (QED) is 0.314. The molecule has 0 spiro atoms. The molecule has 0 heterocycles. The normalized spacial score (nSPS) is 23.4. The minimum atomic E-state index is 1.01. The van der Waals surface area contributed by atoms with Gasteiger partial charge in [0.05, 0.1) is 0 Å². The first-order valence-electron chi connectivity index (χ1n) is 9.77. The predicted octanol–water partition coefficient (Wildman–Crippen LogP) is 6.16. The van der Waals surface area contributed by atoms with Crippen LogP contribution in [0.25, 0.3) is 0 Å². The summed E-state index contributed by atoms with van der Waals surface area (Å²) in [5, 5.41) is 0. The Labute approximate surface area is 129 Å². The maximum atomic E-state index is 2.45. The molecule has 20 heavy (non-hydrogen) atoms. The van der Waals surface area contributed by atoms with E-state index in [1.54, 1.807) is 0 Å². The summed E-state index contributed by atoms with van der Waals surface area (Å²) in [6, 6.07) is 0. The molecule has 0 aromatic carbocycles. The van der Waals surface area contributed by atoms with Crippen molar-refractivity contribution in [3.05, 3.63) is 0 Å². The van der Waals surface area contributed by atoms with E-state index >= 15 is 0 Å². The van der Waals surface area contributed by atoms with Gasteiger partial charge in [-0.15, -0.1) is 0 Å². The third-order valence-corrected chi connectivity index (χ3v) is 5.58. The third-order valence-electron chi connectivity index (χ3n) is 5.58. The third kappa shape index (κ3) is 7.74. The van der Waals surface area contributed by atoms with Crippen LogP contribution in [0.4, 0.5) is 0 Å². The Morgan fingerprint density at radius 2 is 1.25 bits per heavy atom. The van der Waals surface area contributed by atoms with Gasteiger partial charge in [0.15, 0.2) is 0 Å². The largest absolute Gasteiger partial charge is 0.105 e. The monoisotopic (exact) mass is 278 g/mol. The van der Waals surface area contributed by atoms with Crippen molar-refractivity contribution in [3.63, 3.8) is 0 Å². The van der Waals surface area contributed by atoms with Crippen molar-refractivity contribution in [3.8, 4) is 0 Å². The second-order valence-electron chi connectivity index (χ2n) is 7.48. The first-order valence-corrected chi connectivity index (χ1v) is 9.77. The van der Waals surface area contributed by atoms with Crippen LogP contribution >= 0.6 is 0 Å². The van der Waals surface area contributed by atoms with E-state index in [1.807, 2.05) is 0 Å². The Morgan fingerprint density at radius 3 is 1.70 bits per heavy atom. The van der Waals surface area contributed by atoms with Gasteiger partial charge in [0.25, 0.3) is 0 Å². The van der Waals surface area contributed by atoms with Gasteiger partial charge in [0.1, 0.15) is 7.85 Å². The summed E-state index contributed by atoms with van der Waals surface area (Å²) in [6.45, 7) is 4.65. The minimum Gasteiger partial charge on any atom is -0.0697 e. The Balaban J connectivity index is 2.29. The standard InChI is InChI=1S/C19H39B/c1-3-5-7-9-11-17(12-10-8-6-4-2)18-13-15-19(20)16-14-18/h17-19H,3-16,20H2,1-2H3. The number of rotatable bonds is 11. The summed E-state index contributed by atoms with van der Waals surface area (Å²) in [7, 11) is 2.45. The molecule has 1 saturated carbocycles. The molecule has 0 radical (unpaired) electrons. The van der Waals surface area contributed by atoms with Crippen LogP contribution in [-0.4, -0.2) is 7.85 Å². The van der Waals surface area contributed by atoms with Gasteiger partial charge in [-0.25, -0.2) is 0 Å². The van der Waals surface area contributed by atoms with Gasteiger partial charge in [0, 0.05) is 0 Å². The lowest BCUT2D eigenvalue weighted by Gasteiger charge is -2.33. The van der Waals surface area contributed by atoms with Crippen LogP contribution in [0, 0.1) is 11.8 Å². The lowest BCUT2D eigenvalue weighted by Crippen LogP contribution is -2.20. The van der Waals surface area contributed by atoms with E-state index < -0.39 is 0 Å². The van der Waals surface area contributed by atoms with Crippen LogP contribution in [0.5, 0.6) is 0 Å². The fourth-order valence-electron chi connectivity index (χ4n) is 4.04. The second-order valence-corrected chi connectivity index (χ2v) is 7.48. The van der Waals surface area contributed by atoms with Crippen molar-refractivity contribution in [2.24, 2.45) is 11.8 Å². The fraction of sp³-hybridized carbons (Fsp3) is 1.00. The molecule has 1 rings (SSSR count). The van der Waals surface area contributed by atoms with Crippen LogP contribution in [0.2, 0.25) is 5.82 Å². The molecule has 0 unspecified atom stereocenters. The highest BCUT2D eigenvalue weighted by molar-refractivity contribution is 6.11. The van der Waals surface area contributed by atoms with Crippen molar-refractivity contribution in [2.45, 2.75) is 110 Å². The highest BCUT2D eigenvalue weighted by atomic mass is 14.3. The molecule has 0 bridgehead atoms. The summed E-state index contributed by atoms with van der Waals surface area (Å²) >= 11 is 0. The van der Waals surface area contributed by atoms with Crippen LogP contribution in [0.3, 0.4) is 0 Å². The molecule has 0 nitrogen and oxygen atoms in total. The molecule has 1 aliphatic rings. The maximum Gasteiger partial charge on any atom is 0.105 e. The molecular weight excluding hydrogens is 239 g/mol. The van der Waals surface area contributed by atoms with Crippen LogP contribution in [-0.2, 0) is 0 Å². The molecule has 1 heteroatoms. The Hall–Kier alpha value is 0.0649. The highest BCUT2D eigenvalue weighted by Crippen LogP contribution is 2.39. The van der Waals surface area contributed by atoms with Crippen molar-refractivity contribution < 1.29 is 0 Å². The SMILES string of the molecule is BC1CCC(C(CCCCCC)CCCCCC)CC1.